The molecule has 0 spiro atoms. The fraction of sp³-hybridized carbons (Fsp3) is 0.471. The number of aromatic nitrogens is 2. The topological polar surface area (TPSA) is 73.8 Å². The van der Waals surface area contributed by atoms with Gasteiger partial charge in [0.2, 0.25) is 0 Å². The van der Waals surface area contributed by atoms with Gasteiger partial charge in [0.05, 0.1) is 18.0 Å². The molecular weight excluding hydrogens is 555 g/mol. The standard InChI is InChI=1S/C34H45N6O2P/c1-5-42-31-24-27(39-17-15-26(16-18-39)40-21-19-38(2)20-22-40)14-13-25(31)23-33-35-29-11-8-9-28(29)34(37-33)36-30-10-6-7-12-32(30)43(3,4)41/h6-10,12-14,24,26H,5,11,15-23H2,1-4H3,(H,35,36,37). The van der Waals surface area contributed by atoms with Gasteiger partial charge in [-0.3, -0.25) is 4.90 Å². The van der Waals surface area contributed by atoms with Crippen LogP contribution < -0.4 is 20.3 Å². The second-order valence-electron chi connectivity index (χ2n) is 12.4. The van der Waals surface area contributed by atoms with Gasteiger partial charge in [-0.05, 0) is 58.3 Å². The molecule has 1 N–H and O–H groups in total. The molecule has 2 aromatic carbocycles. The molecule has 2 saturated heterocycles. The van der Waals surface area contributed by atoms with Crippen molar-refractivity contribution in [2.45, 2.75) is 38.6 Å². The highest BCUT2D eigenvalue weighted by Crippen LogP contribution is 2.39. The van der Waals surface area contributed by atoms with Crippen LogP contribution >= 0.6 is 7.14 Å². The first-order chi connectivity index (χ1) is 20.8. The Labute approximate surface area is 256 Å². The number of anilines is 3. The minimum atomic E-state index is -2.47. The van der Waals surface area contributed by atoms with Gasteiger partial charge in [0.25, 0.3) is 0 Å². The van der Waals surface area contributed by atoms with E-state index in [0.717, 1.165) is 64.7 Å². The van der Waals surface area contributed by atoms with Gasteiger partial charge in [-0.1, -0.05) is 30.4 Å². The molecule has 0 radical (unpaired) electrons. The first kappa shape index (κ1) is 29.9. The number of para-hydroxylation sites is 1. The van der Waals surface area contributed by atoms with E-state index in [-0.39, 0.29) is 0 Å². The Bertz CT molecular complexity index is 1520. The van der Waals surface area contributed by atoms with Crippen LogP contribution in [0.15, 0.2) is 48.5 Å². The number of hydrogen-bond acceptors (Lipinski definition) is 8. The summed E-state index contributed by atoms with van der Waals surface area (Å²) in [6, 6.07) is 15.1. The molecule has 2 aliphatic heterocycles. The number of allylic oxidation sites excluding steroid dienone is 1. The Balaban J connectivity index is 1.20. The number of hydrogen-bond donors (Lipinski definition) is 1. The highest BCUT2D eigenvalue weighted by atomic mass is 31.2. The molecule has 3 heterocycles. The lowest BCUT2D eigenvalue weighted by Gasteiger charge is -2.42. The third-order valence-corrected chi connectivity index (χ3v) is 10.5. The molecule has 0 atom stereocenters. The minimum Gasteiger partial charge on any atom is -0.494 e. The molecule has 8 nitrogen and oxygen atoms in total. The van der Waals surface area contributed by atoms with E-state index >= 15 is 0 Å². The van der Waals surface area contributed by atoms with E-state index in [4.69, 9.17) is 14.7 Å². The van der Waals surface area contributed by atoms with Crippen molar-refractivity contribution in [3.63, 3.8) is 0 Å². The van der Waals surface area contributed by atoms with Crippen LogP contribution in [0.1, 0.15) is 42.4 Å². The van der Waals surface area contributed by atoms with E-state index in [1.54, 1.807) is 13.3 Å². The molecule has 1 aromatic heterocycles. The lowest BCUT2D eigenvalue weighted by atomic mass is 10.0. The summed E-state index contributed by atoms with van der Waals surface area (Å²) in [5.74, 6) is 2.41. The van der Waals surface area contributed by atoms with Crippen molar-refractivity contribution in [3.05, 3.63) is 71.2 Å². The lowest BCUT2D eigenvalue weighted by Crippen LogP contribution is -2.52. The largest absolute Gasteiger partial charge is 0.494 e. The fourth-order valence-electron chi connectivity index (χ4n) is 6.56. The second kappa shape index (κ2) is 12.8. The summed E-state index contributed by atoms with van der Waals surface area (Å²) in [5.41, 5.74) is 5.16. The first-order valence-electron chi connectivity index (χ1n) is 15.7. The van der Waals surface area contributed by atoms with E-state index in [2.05, 4.69) is 57.4 Å². The van der Waals surface area contributed by atoms with Crippen molar-refractivity contribution >= 4 is 35.7 Å². The molecule has 228 valence electrons. The normalized spacial score (nSPS) is 18.2. The number of nitrogens with one attached hydrogen (secondary N) is 1. The zero-order valence-electron chi connectivity index (χ0n) is 26.1. The van der Waals surface area contributed by atoms with Crippen LogP contribution in [0.25, 0.3) is 6.08 Å². The smallest absolute Gasteiger partial charge is 0.141 e. The highest BCUT2D eigenvalue weighted by molar-refractivity contribution is 7.70. The summed E-state index contributed by atoms with van der Waals surface area (Å²) < 4.78 is 19.2. The van der Waals surface area contributed by atoms with Gasteiger partial charge in [0.15, 0.2) is 0 Å². The van der Waals surface area contributed by atoms with E-state index in [9.17, 15) is 4.57 Å². The quantitative estimate of drug-likeness (QED) is 0.335. The third kappa shape index (κ3) is 6.82. The zero-order valence-corrected chi connectivity index (χ0v) is 26.9. The summed E-state index contributed by atoms with van der Waals surface area (Å²) in [6.45, 7) is 13.1. The maximum absolute atomic E-state index is 13.0. The number of likely N-dealkylation sites (N-methyl/N-ethyl adjacent to an activating group) is 1. The fourth-order valence-corrected chi connectivity index (χ4v) is 7.72. The van der Waals surface area contributed by atoms with Gasteiger partial charge in [-0.15, -0.1) is 0 Å². The van der Waals surface area contributed by atoms with Crippen LogP contribution in [0.3, 0.4) is 0 Å². The summed E-state index contributed by atoms with van der Waals surface area (Å²) in [5, 5.41) is 4.34. The Hall–Kier alpha value is -3.19. The van der Waals surface area contributed by atoms with Gasteiger partial charge in [0.1, 0.15) is 24.5 Å². The van der Waals surface area contributed by atoms with E-state index in [1.807, 2.05) is 31.2 Å². The molecule has 9 heteroatoms. The number of piperidine rings is 1. The van der Waals surface area contributed by atoms with Crippen LogP contribution in [0, 0.1) is 0 Å². The lowest BCUT2D eigenvalue weighted by molar-refractivity contribution is 0.0982. The van der Waals surface area contributed by atoms with Crippen molar-refractivity contribution in [1.29, 1.82) is 0 Å². The van der Waals surface area contributed by atoms with Crippen LogP contribution in [-0.2, 0) is 17.4 Å². The molecule has 0 bridgehead atoms. The molecule has 2 fully saturated rings. The zero-order chi connectivity index (χ0) is 30.0. The summed E-state index contributed by atoms with van der Waals surface area (Å²) in [7, 11) is -0.249. The maximum atomic E-state index is 13.0. The second-order valence-corrected chi connectivity index (χ2v) is 15.6. The van der Waals surface area contributed by atoms with Crippen LogP contribution in [0.5, 0.6) is 5.75 Å². The number of rotatable bonds is 9. The number of benzene rings is 2. The van der Waals surface area contributed by atoms with Crippen molar-refractivity contribution in [3.8, 4) is 5.75 Å². The van der Waals surface area contributed by atoms with Crippen LogP contribution in [0.4, 0.5) is 17.2 Å². The van der Waals surface area contributed by atoms with Crippen molar-refractivity contribution < 1.29 is 9.30 Å². The van der Waals surface area contributed by atoms with Crippen LogP contribution in [0.2, 0.25) is 0 Å². The minimum absolute atomic E-state index is 0.574. The third-order valence-electron chi connectivity index (χ3n) is 8.99. The molecule has 6 rings (SSSR count). The Morgan fingerprint density at radius 2 is 1.77 bits per heavy atom. The van der Waals surface area contributed by atoms with E-state index < -0.39 is 7.14 Å². The predicted molar refractivity (Wildman–Crippen MR) is 178 cm³/mol. The molecular formula is C34H45N6O2P. The molecule has 3 aromatic rings. The number of piperazine rings is 1. The molecule has 3 aliphatic rings. The Kier molecular flexibility index (Phi) is 8.90. The molecule has 1 aliphatic carbocycles. The number of ether oxygens (including phenoxy) is 1. The maximum Gasteiger partial charge on any atom is 0.141 e. The molecule has 0 amide bonds. The molecule has 0 saturated carbocycles. The molecule has 43 heavy (non-hydrogen) atoms. The first-order valence-corrected chi connectivity index (χ1v) is 18.3. The molecule has 0 unspecified atom stereocenters. The van der Waals surface area contributed by atoms with Crippen molar-refractivity contribution in [2.24, 2.45) is 0 Å². The SMILES string of the molecule is CCOc1cc(N2CCC(N3CCN(C)CC3)CC2)ccc1Cc1nc2c(c(Nc3ccccc3P(C)(C)=O)n1)C=CC2. The average Bonchev–Trinajstić information content (AvgIpc) is 3.48. The van der Waals surface area contributed by atoms with Gasteiger partial charge < -0.3 is 24.4 Å². The summed E-state index contributed by atoms with van der Waals surface area (Å²) in [4.78, 5) is 17.6. The average molecular weight is 601 g/mol. The van der Waals surface area contributed by atoms with Gasteiger partial charge >= 0.3 is 0 Å². The summed E-state index contributed by atoms with van der Waals surface area (Å²) >= 11 is 0. The van der Waals surface area contributed by atoms with Gasteiger partial charge in [-0.25, -0.2) is 9.97 Å². The van der Waals surface area contributed by atoms with Gasteiger partial charge in [-0.2, -0.15) is 0 Å². The number of nitrogens with zero attached hydrogens (tertiary/aromatic N) is 5. The Morgan fingerprint density at radius 1 is 1.00 bits per heavy atom. The van der Waals surface area contributed by atoms with Crippen molar-refractivity contribution in [1.82, 2.24) is 19.8 Å². The highest BCUT2D eigenvalue weighted by Gasteiger charge is 2.27. The van der Waals surface area contributed by atoms with Crippen LogP contribution in [-0.4, -0.2) is 92.1 Å². The van der Waals surface area contributed by atoms with E-state index in [1.165, 1.54) is 44.7 Å². The monoisotopic (exact) mass is 600 g/mol. The number of fused-ring (bicyclic) bond motifs is 1. The summed E-state index contributed by atoms with van der Waals surface area (Å²) in [6.07, 6.45) is 7.97. The van der Waals surface area contributed by atoms with E-state index in [0.29, 0.717) is 19.1 Å². The van der Waals surface area contributed by atoms with Gasteiger partial charge in [0, 0.05) is 86.3 Å². The Morgan fingerprint density at radius 3 is 2.51 bits per heavy atom. The van der Waals surface area contributed by atoms with Crippen molar-refractivity contribution in [2.75, 3.05) is 76.5 Å². The predicted octanol–water partition coefficient (Wildman–Crippen LogP) is 5.24.